The number of methoxy groups -OCH3 is 1. The molecule has 1 rings (SSSR count). The van der Waals surface area contributed by atoms with E-state index in [0.29, 0.717) is 6.04 Å². The largest absolute Gasteiger partial charge is 0.497 e. The third kappa shape index (κ3) is 3.04. The van der Waals surface area contributed by atoms with Crippen LogP contribution in [0, 0.1) is 0 Å². The second kappa shape index (κ2) is 5.66. The molecular weight excluding hydrogens is 174 g/mol. The third-order valence-electron chi connectivity index (χ3n) is 2.29. The van der Waals surface area contributed by atoms with Crippen molar-refractivity contribution in [2.24, 2.45) is 0 Å². The van der Waals surface area contributed by atoms with E-state index in [0.717, 1.165) is 18.7 Å². The minimum atomic E-state index is 0.394. The molecular formula is C12H19NO. The van der Waals surface area contributed by atoms with E-state index in [2.05, 4.69) is 31.3 Å². The van der Waals surface area contributed by atoms with Crippen LogP contribution in [0.1, 0.15) is 31.9 Å². The molecule has 0 saturated heterocycles. The lowest BCUT2D eigenvalue weighted by Gasteiger charge is -2.14. The summed E-state index contributed by atoms with van der Waals surface area (Å²) < 4.78 is 5.18. The van der Waals surface area contributed by atoms with E-state index < -0.39 is 0 Å². The van der Waals surface area contributed by atoms with Gasteiger partial charge in [0, 0.05) is 6.04 Å². The van der Waals surface area contributed by atoms with Gasteiger partial charge >= 0.3 is 0 Å². The van der Waals surface area contributed by atoms with Crippen LogP contribution in [-0.2, 0) is 0 Å². The van der Waals surface area contributed by atoms with Crippen LogP contribution in [0.15, 0.2) is 24.3 Å². The Bertz CT molecular complexity index is 273. The summed E-state index contributed by atoms with van der Waals surface area (Å²) in [5.74, 6) is 0.924. The smallest absolute Gasteiger partial charge is 0.119 e. The van der Waals surface area contributed by atoms with E-state index in [1.165, 1.54) is 5.56 Å². The van der Waals surface area contributed by atoms with Gasteiger partial charge in [-0.15, -0.1) is 0 Å². The van der Waals surface area contributed by atoms with Gasteiger partial charge in [-0.05, 0) is 37.6 Å². The highest BCUT2D eigenvalue weighted by Crippen LogP contribution is 2.18. The molecule has 0 aliphatic rings. The molecule has 0 bridgehead atoms. The molecule has 1 N–H and O–H groups in total. The van der Waals surface area contributed by atoms with Crippen molar-refractivity contribution >= 4 is 0 Å². The minimum absolute atomic E-state index is 0.394. The molecule has 1 aromatic rings. The summed E-state index contributed by atoms with van der Waals surface area (Å²) in [6, 6.07) is 8.59. The Balaban J connectivity index is 2.64. The highest BCUT2D eigenvalue weighted by atomic mass is 16.5. The van der Waals surface area contributed by atoms with Crippen molar-refractivity contribution in [1.29, 1.82) is 0 Å². The summed E-state index contributed by atoms with van der Waals surface area (Å²) in [5.41, 5.74) is 1.28. The molecule has 0 heterocycles. The lowest BCUT2D eigenvalue weighted by Crippen LogP contribution is -2.19. The van der Waals surface area contributed by atoms with Gasteiger partial charge in [-0.1, -0.05) is 19.1 Å². The molecule has 0 radical (unpaired) electrons. The maximum atomic E-state index is 5.18. The normalized spacial score (nSPS) is 12.5. The molecule has 14 heavy (non-hydrogen) atoms. The molecule has 1 aromatic carbocycles. The molecule has 0 amide bonds. The maximum Gasteiger partial charge on any atom is 0.119 e. The minimum Gasteiger partial charge on any atom is -0.497 e. The molecule has 2 heteroatoms. The number of benzene rings is 1. The molecule has 0 aromatic heterocycles. The van der Waals surface area contributed by atoms with Crippen LogP contribution >= 0.6 is 0 Å². The van der Waals surface area contributed by atoms with Gasteiger partial charge in [-0.2, -0.15) is 0 Å². The fourth-order valence-electron chi connectivity index (χ4n) is 1.39. The standard InChI is InChI=1S/C12H19NO/c1-4-8-13-10(2)11-6-5-7-12(9-11)14-3/h5-7,9-10,13H,4,8H2,1-3H3/t10-/m1/s1. The van der Waals surface area contributed by atoms with E-state index in [-0.39, 0.29) is 0 Å². The van der Waals surface area contributed by atoms with Gasteiger partial charge in [0.1, 0.15) is 5.75 Å². The fourth-order valence-corrected chi connectivity index (χ4v) is 1.39. The van der Waals surface area contributed by atoms with Crippen LogP contribution in [-0.4, -0.2) is 13.7 Å². The van der Waals surface area contributed by atoms with Crippen molar-refractivity contribution in [2.45, 2.75) is 26.3 Å². The molecule has 0 saturated carbocycles. The quantitative estimate of drug-likeness (QED) is 0.776. The SMILES string of the molecule is CCCN[C@H](C)c1cccc(OC)c1. The zero-order valence-corrected chi connectivity index (χ0v) is 9.21. The first-order valence-corrected chi connectivity index (χ1v) is 5.15. The Morgan fingerprint density at radius 3 is 2.86 bits per heavy atom. The monoisotopic (exact) mass is 193 g/mol. The van der Waals surface area contributed by atoms with Gasteiger partial charge in [0.2, 0.25) is 0 Å². The van der Waals surface area contributed by atoms with Gasteiger partial charge in [0.25, 0.3) is 0 Å². The first kappa shape index (κ1) is 11.1. The van der Waals surface area contributed by atoms with E-state index in [1.54, 1.807) is 7.11 Å². The van der Waals surface area contributed by atoms with Crippen LogP contribution in [0.25, 0.3) is 0 Å². The summed E-state index contributed by atoms with van der Waals surface area (Å²) in [4.78, 5) is 0. The first-order chi connectivity index (χ1) is 6.77. The predicted octanol–water partition coefficient (Wildman–Crippen LogP) is 2.76. The van der Waals surface area contributed by atoms with Crippen LogP contribution in [0.4, 0.5) is 0 Å². The maximum absolute atomic E-state index is 5.18. The zero-order chi connectivity index (χ0) is 10.4. The molecule has 2 nitrogen and oxygen atoms in total. The molecule has 0 unspecified atom stereocenters. The molecule has 0 spiro atoms. The fraction of sp³-hybridized carbons (Fsp3) is 0.500. The van der Waals surface area contributed by atoms with E-state index in [9.17, 15) is 0 Å². The van der Waals surface area contributed by atoms with Crippen molar-refractivity contribution in [3.05, 3.63) is 29.8 Å². The molecule has 1 atom stereocenters. The second-order valence-electron chi connectivity index (χ2n) is 3.45. The predicted molar refractivity (Wildman–Crippen MR) is 59.7 cm³/mol. The third-order valence-corrected chi connectivity index (χ3v) is 2.29. The Hall–Kier alpha value is -1.02. The highest BCUT2D eigenvalue weighted by molar-refractivity contribution is 5.30. The van der Waals surface area contributed by atoms with Crippen LogP contribution < -0.4 is 10.1 Å². The highest BCUT2D eigenvalue weighted by Gasteiger charge is 2.04. The van der Waals surface area contributed by atoms with Crippen LogP contribution in [0.5, 0.6) is 5.75 Å². The van der Waals surface area contributed by atoms with Gasteiger partial charge in [-0.25, -0.2) is 0 Å². The zero-order valence-electron chi connectivity index (χ0n) is 9.21. The lowest BCUT2D eigenvalue weighted by molar-refractivity contribution is 0.413. The Labute approximate surface area is 86.3 Å². The van der Waals surface area contributed by atoms with Gasteiger partial charge in [0.05, 0.1) is 7.11 Å². The van der Waals surface area contributed by atoms with E-state index in [4.69, 9.17) is 4.74 Å². The lowest BCUT2D eigenvalue weighted by atomic mass is 10.1. The number of hydrogen-bond donors (Lipinski definition) is 1. The average Bonchev–Trinajstić information content (AvgIpc) is 2.26. The molecule has 0 fully saturated rings. The van der Waals surface area contributed by atoms with Crippen molar-refractivity contribution in [3.8, 4) is 5.75 Å². The van der Waals surface area contributed by atoms with Crippen LogP contribution in [0.2, 0.25) is 0 Å². The average molecular weight is 193 g/mol. The molecule has 0 aliphatic heterocycles. The van der Waals surface area contributed by atoms with Crippen molar-refractivity contribution in [2.75, 3.05) is 13.7 Å². The summed E-state index contributed by atoms with van der Waals surface area (Å²) in [6.45, 7) is 5.40. The number of rotatable bonds is 5. The van der Waals surface area contributed by atoms with Crippen molar-refractivity contribution in [1.82, 2.24) is 5.32 Å². The van der Waals surface area contributed by atoms with Crippen LogP contribution in [0.3, 0.4) is 0 Å². The van der Waals surface area contributed by atoms with Crippen molar-refractivity contribution < 1.29 is 4.74 Å². The topological polar surface area (TPSA) is 21.3 Å². The summed E-state index contributed by atoms with van der Waals surface area (Å²) in [6.07, 6.45) is 1.16. The second-order valence-corrected chi connectivity index (χ2v) is 3.45. The summed E-state index contributed by atoms with van der Waals surface area (Å²) in [5, 5.41) is 3.44. The van der Waals surface area contributed by atoms with E-state index >= 15 is 0 Å². The Morgan fingerprint density at radius 1 is 1.43 bits per heavy atom. The number of ether oxygens (including phenoxy) is 1. The first-order valence-electron chi connectivity index (χ1n) is 5.15. The number of nitrogens with one attached hydrogen (secondary N) is 1. The van der Waals surface area contributed by atoms with Gasteiger partial charge in [-0.3, -0.25) is 0 Å². The Morgan fingerprint density at radius 2 is 2.21 bits per heavy atom. The summed E-state index contributed by atoms with van der Waals surface area (Å²) >= 11 is 0. The Kier molecular flexibility index (Phi) is 4.47. The molecule has 78 valence electrons. The number of hydrogen-bond acceptors (Lipinski definition) is 2. The van der Waals surface area contributed by atoms with Gasteiger partial charge < -0.3 is 10.1 Å². The van der Waals surface area contributed by atoms with E-state index in [1.807, 2.05) is 12.1 Å². The van der Waals surface area contributed by atoms with Crippen molar-refractivity contribution in [3.63, 3.8) is 0 Å². The summed E-state index contributed by atoms with van der Waals surface area (Å²) in [7, 11) is 1.70. The van der Waals surface area contributed by atoms with Gasteiger partial charge in [0.15, 0.2) is 0 Å². The molecule has 0 aliphatic carbocycles.